The van der Waals surface area contributed by atoms with Crippen LogP contribution in [0.25, 0.3) is 10.6 Å². The van der Waals surface area contributed by atoms with E-state index in [4.69, 9.17) is 4.74 Å². The minimum atomic E-state index is -0.842. The average Bonchev–Trinajstić information content (AvgIpc) is 2.90. The molecule has 0 bridgehead atoms. The van der Waals surface area contributed by atoms with Crippen LogP contribution in [0.2, 0.25) is 0 Å². The van der Waals surface area contributed by atoms with Crippen LogP contribution in [-0.4, -0.2) is 16.7 Å². The van der Waals surface area contributed by atoms with Gasteiger partial charge in [0, 0.05) is 5.56 Å². The molecule has 0 aliphatic rings. The lowest BCUT2D eigenvalue weighted by atomic mass is 10.1. The maximum atomic E-state index is 10.3. The van der Waals surface area contributed by atoms with E-state index in [0.29, 0.717) is 0 Å². The van der Waals surface area contributed by atoms with Crippen molar-refractivity contribution in [2.75, 3.05) is 6.61 Å². The second-order valence-electron chi connectivity index (χ2n) is 5.58. The number of nitrogens with zero attached hydrogens (tertiary/aromatic N) is 1. The summed E-state index contributed by atoms with van der Waals surface area (Å²) in [6.07, 6.45) is 1.83. The molecule has 114 valence electrons. The van der Waals surface area contributed by atoms with Crippen molar-refractivity contribution in [1.82, 2.24) is 4.98 Å². The van der Waals surface area contributed by atoms with E-state index in [-0.39, 0.29) is 0 Å². The number of ether oxygens (including phenoxy) is 1. The average molecular weight is 305 g/mol. The molecule has 0 amide bonds. The summed E-state index contributed by atoms with van der Waals surface area (Å²) >= 11 is 1.57. The molecule has 1 N–H and O–H groups in total. The number of benzene rings is 1. The first-order valence-electron chi connectivity index (χ1n) is 7.41. The molecular weight excluding hydrogens is 282 g/mol. The molecule has 21 heavy (non-hydrogen) atoms. The Kier molecular flexibility index (Phi) is 5.01. The van der Waals surface area contributed by atoms with Gasteiger partial charge in [-0.15, -0.1) is 11.3 Å². The molecule has 1 aromatic heterocycles. The molecule has 2 aromatic rings. The van der Waals surface area contributed by atoms with E-state index in [9.17, 15) is 5.11 Å². The highest BCUT2D eigenvalue weighted by molar-refractivity contribution is 7.15. The van der Waals surface area contributed by atoms with Gasteiger partial charge in [0.1, 0.15) is 10.8 Å². The zero-order valence-corrected chi connectivity index (χ0v) is 14.0. The van der Waals surface area contributed by atoms with Gasteiger partial charge in [-0.1, -0.05) is 13.8 Å². The third-order valence-electron chi connectivity index (χ3n) is 3.16. The Bertz CT molecular complexity index is 582. The Balaban J connectivity index is 2.28. The fourth-order valence-electron chi connectivity index (χ4n) is 2.11. The predicted molar refractivity (Wildman–Crippen MR) is 88.0 cm³/mol. The highest BCUT2D eigenvalue weighted by Gasteiger charge is 2.24. The summed E-state index contributed by atoms with van der Waals surface area (Å²) in [6.45, 7) is 8.51. The summed E-state index contributed by atoms with van der Waals surface area (Å²) in [4.78, 5) is 5.63. The Labute approximate surface area is 130 Å². The largest absolute Gasteiger partial charge is 0.494 e. The van der Waals surface area contributed by atoms with Gasteiger partial charge in [-0.3, -0.25) is 0 Å². The van der Waals surface area contributed by atoms with Crippen LogP contribution in [-0.2, 0) is 12.0 Å². The number of hydrogen-bond acceptors (Lipinski definition) is 4. The van der Waals surface area contributed by atoms with Crippen molar-refractivity contribution in [1.29, 1.82) is 0 Å². The summed E-state index contributed by atoms with van der Waals surface area (Å²) in [5.74, 6) is 0.885. The van der Waals surface area contributed by atoms with Crippen molar-refractivity contribution < 1.29 is 9.84 Å². The zero-order chi connectivity index (χ0) is 15.5. The second-order valence-corrected chi connectivity index (χ2v) is 6.58. The summed E-state index contributed by atoms with van der Waals surface area (Å²) in [6, 6.07) is 8.00. The highest BCUT2D eigenvalue weighted by atomic mass is 32.1. The van der Waals surface area contributed by atoms with Crippen LogP contribution in [0.1, 0.15) is 44.7 Å². The molecule has 2 rings (SSSR count). The van der Waals surface area contributed by atoms with Crippen molar-refractivity contribution in [2.45, 2.75) is 46.1 Å². The molecule has 0 atom stereocenters. The second kappa shape index (κ2) is 6.58. The highest BCUT2D eigenvalue weighted by Crippen LogP contribution is 2.35. The maximum absolute atomic E-state index is 10.3. The quantitative estimate of drug-likeness (QED) is 0.860. The van der Waals surface area contributed by atoms with Gasteiger partial charge >= 0.3 is 0 Å². The van der Waals surface area contributed by atoms with Crippen LogP contribution in [0.15, 0.2) is 24.3 Å². The number of rotatable bonds is 6. The van der Waals surface area contributed by atoms with Crippen molar-refractivity contribution >= 4 is 11.3 Å². The smallest absolute Gasteiger partial charge is 0.123 e. The van der Waals surface area contributed by atoms with E-state index in [2.05, 4.69) is 18.8 Å². The normalized spacial score (nSPS) is 11.7. The van der Waals surface area contributed by atoms with Gasteiger partial charge in [0.25, 0.3) is 0 Å². The molecule has 1 aromatic carbocycles. The molecular formula is C17H23NO2S. The first-order chi connectivity index (χ1) is 9.95. The van der Waals surface area contributed by atoms with Crippen LogP contribution < -0.4 is 4.74 Å². The standard InChI is InChI=1S/C17H23NO2S/c1-5-11-20-13-9-7-12(8-10-13)16-18-14(6-2)15(21-16)17(3,4)19/h7-10,19H,5-6,11H2,1-4H3. The minimum absolute atomic E-state index is 0.736. The SMILES string of the molecule is CCCOc1ccc(-c2nc(CC)c(C(C)(C)O)s2)cc1. The number of hydrogen-bond donors (Lipinski definition) is 1. The summed E-state index contributed by atoms with van der Waals surface area (Å²) < 4.78 is 5.59. The molecule has 0 spiro atoms. The molecule has 0 radical (unpaired) electrons. The summed E-state index contributed by atoms with van der Waals surface area (Å²) in [5, 5.41) is 11.2. The van der Waals surface area contributed by atoms with E-state index in [1.165, 1.54) is 0 Å². The molecule has 0 saturated heterocycles. The van der Waals surface area contributed by atoms with Crippen LogP contribution in [0.3, 0.4) is 0 Å². The van der Waals surface area contributed by atoms with Crippen LogP contribution in [0.4, 0.5) is 0 Å². The van der Waals surface area contributed by atoms with Gasteiger partial charge in [0.05, 0.1) is 22.8 Å². The van der Waals surface area contributed by atoms with E-state index < -0.39 is 5.60 Å². The van der Waals surface area contributed by atoms with E-state index in [1.807, 2.05) is 38.1 Å². The summed E-state index contributed by atoms with van der Waals surface area (Å²) in [7, 11) is 0. The third-order valence-corrected chi connectivity index (χ3v) is 4.62. The first kappa shape index (κ1) is 16.0. The molecule has 0 saturated carbocycles. The Morgan fingerprint density at radius 3 is 2.33 bits per heavy atom. The van der Waals surface area contributed by atoms with Gasteiger partial charge in [0.15, 0.2) is 0 Å². The predicted octanol–water partition coefficient (Wildman–Crippen LogP) is 4.39. The fourth-order valence-corrected chi connectivity index (χ4v) is 3.27. The summed E-state index contributed by atoms with van der Waals surface area (Å²) in [5.41, 5.74) is 1.20. The molecule has 0 unspecified atom stereocenters. The third kappa shape index (κ3) is 3.83. The molecule has 1 heterocycles. The minimum Gasteiger partial charge on any atom is -0.494 e. The molecule has 0 aliphatic heterocycles. The monoisotopic (exact) mass is 305 g/mol. The number of aliphatic hydroxyl groups is 1. The van der Waals surface area contributed by atoms with Crippen molar-refractivity contribution in [3.05, 3.63) is 34.8 Å². The number of aryl methyl sites for hydroxylation is 1. The van der Waals surface area contributed by atoms with Gasteiger partial charge in [0.2, 0.25) is 0 Å². The van der Waals surface area contributed by atoms with Crippen molar-refractivity contribution in [2.24, 2.45) is 0 Å². The van der Waals surface area contributed by atoms with E-state index in [1.54, 1.807) is 11.3 Å². The van der Waals surface area contributed by atoms with E-state index in [0.717, 1.165) is 46.3 Å². The number of thiazole rings is 1. The maximum Gasteiger partial charge on any atom is 0.123 e. The Morgan fingerprint density at radius 1 is 1.19 bits per heavy atom. The van der Waals surface area contributed by atoms with Crippen LogP contribution in [0, 0.1) is 0 Å². The lowest BCUT2D eigenvalue weighted by Gasteiger charge is -2.15. The van der Waals surface area contributed by atoms with Gasteiger partial charge in [-0.05, 0) is 51.0 Å². The van der Waals surface area contributed by atoms with E-state index >= 15 is 0 Å². The Morgan fingerprint density at radius 2 is 1.86 bits per heavy atom. The zero-order valence-electron chi connectivity index (χ0n) is 13.1. The van der Waals surface area contributed by atoms with Crippen molar-refractivity contribution in [3.8, 4) is 16.3 Å². The fraction of sp³-hybridized carbons (Fsp3) is 0.471. The van der Waals surface area contributed by atoms with Gasteiger partial charge < -0.3 is 9.84 Å². The molecule has 3 nitrogen and oxygen atoms in total. The molecule has 4 heteroatoms. The first-order valence-corrected chi connectivity index (χ1v) is 8.23. The van der Waals surface area contributed by atoms with Gasteiger partial charge in [-0.2, -0.15) is 0 Å². The van der Waals surface area contributed by atoms with Crippen molar-refractivity contribution in [3.63, 3.8) is 0 Å². The molecule has 0 aliphatic carbocycles. The molecule has 0 fully saturated rings. The topological polar surface area (TPSA) is 42.4 Å². The lowest BCUT2D eigenvalue weighted by molar-refractivity contribution is 0.0814. The van der Waals surface area contributed by atoms with Crippen LogP contribution in [0.5, 0.6) is 5.75 Å². The van der Waals surface area contributed by atoms with Crippen LogP contribution >= 0.6 is 11.3 Å². The van der Waals surface area contributed by atoms with Gasteiger partial charge in [-0.25, -0.2) is 4.98 Å². The number of aromatic nitrogens is 1. The lowest BCUT2D eigenvalue weighted by Crippen LogP contribution is -2.15. The Hall–Kier alpha value is -1.39.